The van der Waals surface area contributed by atoms with Crippen LogP contribution in [0, 0.1) is 0 Å². The van der Waals surface area contributed by atoms with Crippen molar-refractivity contribution in [2.75, 3.05) is 11.4 Å². The highest BCUT2D eigenvalue weighted by atomic mass is 16.4. The molecule has 0 spiro atoms. The van der Waals surface area contributed by atoms with Crippen molar-refractivity contribution in [1.82, 2.24) is 10.2 Å². The maximum atomic E-state index is 11.8. The van der Waals surface area contributed by atoms with Gasteiger partial charge in [-0.15, -0.1) is 0 Å². The normalized spacial score (nSPS) is 17.2. The fourth-order valence-corrected chi connectivity index (χ4v) is 5.69. The maximum Gasteiger partial charge on any atom is 0.411 e. The lowest BCUT2D eigenvalue weighted by Gasteiger charge is -2.30. The molecule has 2 atom stereocenters. The highest BCUT2D eigenvalue weighted by Gasteiger charge is 2.29. The van der Waals surface area contributed by atoms with E-state index >= 15 is 0 Å². The Balaban J connectivity index is 1.35. The Kier molecular flexibility index (Phi) is 5.88. The average Bonchev–Trinajstić information content (AvgIpc) is 2.94. The van der Waals surface area contributed by atoms with E-state index in [4.69, 9.17) is 10.8 Å². The molecule has 3 aromatic carbocycles. The zero-order chi connectivity index (χ0) is 26.4. The Morgan fingerprint density at radius 3 is 2.63 bits per heavy atom. The highest BCUT2D eigenvalue weighted by molar-refractivity contribution is 5.95. The van der Waals surface area contributed by atoms with Gasteiger partial charge in [-0.25, -0.2) is 4.79 Å². The molecule has 0 aliphatic heterocycles. The topological polar surface area (TPSA) is 130 Å². The number of anilines is 1. The van der Waals surface area contributed by atoms with E-state index in [0.717, 1.165) is 35.2 Å². The van der Waals surface area contributed by atoms with E-state index in [1.165, 1.54) is 33.0 Å². The molecule has 4 N–H and O–H groups in total. The Labute approximate surface area is 218 Å². The second kappa shape index (κ2) is 9.39. The summed E-state index contributed by atoms with van der Waals surface area (Å²) in [5.74, 6) is -1.15. The molecular weight excluding hydrogens is 480 g/mol. The predicted molar refractivity (Wildman–Crippen MR) is 146 cm³/mol. The number of aryl methyl sites for hydroxylation is 1. The van der Waals surface area contributed by atoms with Crippen molar-refractivity contribution in [3.63, 3.8) is 0 Å². The van der Waals surface area contributed by atoms with Gasteiger partial charge in [0, 0.05) is 17.0 Å². The lowest BCUT2D eigenvalue weighted by molar-refractivity contribution is -0.138. The first-order chi connectivity index (χ1) is 18.4. The van der Waals surface area contributed by atoms with Crippen LogP contribution < -0.4 is 10.6 Å². The van der Waals surface area contributed by atoms with Crippen LogP contribution in [0.2, 0.25) is 0 Å². The summed E-state index contributed by atoms with van der Waals surface area (Å²) in [7, 11) is 0. The van der Waals surface area contributed by atoms with Crippen LogP contribution in [-0.4, -0.2) is 45.1 Å². The highest BCUT2D eigenvalue weighted by Crippen LogP contribution is 2.45. The molecule has 0 radical (unpaired) electrons. The lowest BCUT2D eigenvalue weighted by Crippen LogP contribution is -2.45. The van der Waals surface area contributed by atoms with Crippen LogP contribution in [0.15, 0.2) is 78.4 Å². The number of aliphatic carboxylic acids is 1. The summed E-state index contributed by atoms with van der Waals surface area (Å²) >= 11 is 0. The quantitative estimate of drug-likeness (QED) is 0.342. The van der Waals surface area contributed by atoms with Gasteiger partial charge in [0.05, 0.1) is 17.8 Å². The summed E-state index contributed by atoms with van der Waals surface area (Å²) in [6.07, 6.45) is 5.94. The van der Waals surface area contributed by atoms with E-state index in [1.54, 1.807) is 18.2 Å². The SMILES string of the molecule is NC(CN(C(=O)O)c1ccc2cc(C3CC=CC4=C3CCc3c4ccc4ccccc34)nnc2c1)C(=O)O. The Bertz CT molecular complexity index is 1680. The summed E-state index contributed by atoms with van der Waals surface area (Å²) in [5, 5.41) is 31.1. The van der Waals surface area contributed by atoms with Crippen LogP contribution >= 0.6 is 0 Å². The van der Waals surface area contributed by atoms with E-state index in [2.05, 4.69) is 58.7 Å². The number of allylic oxidation sites excluding steroid dienone is 4. The maximum absolute atomic E-state index is 11.8. The predicted octanol–water partition coefficient (Wildman–Crippen LogP) is 5.12. The standard InChI is InChI=1S/C30H26N4O4/c31-26(29(35)36)16-34(30(37)38)19-10-8-18-14-28(33-32-27(18)15-19)25-7-3-6-21-23-11-9-17-4-1-2-5-20(17)22(23)12-13-24(21)25/h1-6,8-11,14-15,25-26H,7,12-13,16,31H2,(H,35,36)(H,37,38). The number of hydrogen-bond donors (Lipinski definition) is 3. The van der Waals surface area contributed by atoms with Gasteiger partial charge in [0.25, 0.3) is 0 Å². The summed E-state index contributed by atoms with van der Waals surface area (Å²) in [6, 6.07) is 18.7. The van der Waals surface area contributed by atoms with E-state index in [0.29, 0.717) is 11.2 Å². The number of aromatic nitrogens is 2. The van der Waals surface area contributed by atoms with Crippen LogP contribution in [0.1, 0.15) is 35.6 Å². The minimum Gasteiger partial charge on any atom is -0.480 e. The number of carboxylic acid groups (broad SMARTS) is 2. The minimum absolute atomic E-state index is 0.121. The molecule has 1 amide bonds. The number of nitrogens with zero attached hydrogens (tertiary/aromatic N) is 3. The first kappa shape index (κ1) is 23.8. The number of carboxylic acids is 1. The molecule has 2 aliphatic rings. The zero-order valence-corrected chi connectivity index (χ0v) is 20.5. The Morgan fingerprint density at radius 2 is 1.82 bits per heavy atom. The molecule has 8 nitrogen and oxygen atoms in total. The molecule has 38 heavy (non-hydrogen) atoms. The van der Waals surface area contributed by atoms with Crippen LogP contribution in [0.4, 0.5) is 10.5 Å². The number of fused-ring (bicyclic) bond motifs is 5. The molecule has 0 fully saturated rings. The number of amides is 1. The summed E-state index contributed by atoms with van der Waals surface area (Å²) in [6.45, 7) is -0.371. The fourth-order valence-electron chi connectivity index (χ4n) is 5.69. The van der Waals surface area contributed by atoms with E-state index in [9.17, 15) is 14.7 Å². The van der Waals surface area contributed by atoms with Gasteiger partial charge in [-0.1, -0.05) is 60.2 Å². The molecule has 2 aliphatic carbocycles. The number of benzene rings is 3. The van der Waals surface area contributed by atoms with Crippen LogP contribution in [0.3, 0.4) is 0 Å². The molecule has 0 saturated heterocycles. The number of hydrogen-bond acceptors (Lipinski definition) is 5. The second-order valence-electron chi connectivity index (χ2n) is 9.79. The molecule has 6 rings (SSSR count). The van der Waals surface area contributed by atoms with Crippen molar-refractivity contribution in [2.45, 2.75) is 31.2 Å². The van der Waals surface area contributed by atoms with Gasteiger partial charge >= 0.3 is 12.1 Å². The summed E-state index contributed by atoms with van der Waals surface area (Å²) < 4.78 is 0. The molecule has 190 valence electrons. The van der Waals surface area contributed by atoms with Crippen molar-refractivity contribution in [1.29, 1.82) is 0 Å². The third-order valence-electron chi connectivity index (χ3n) is 7.58. The van der Waals surface area contributed by atoms with E-state index < -0.39 is 18.1 Å². The van der Waals surface area contributed by atoms with Gasteiger partial charge in [0.15, 0.2) is 0 Å². The lowest BCUT2D eigenvalue weighted by atomic mass is 9.74. The Morgan fingerprint density at radius 1 is 1.00 bits per heavy atom. The average molecular weight is 507 g/mol. The molecule has 1 aromatic heterocycles. The van der Waals surface area contributed by atoms with Gasteiger partial charge in [0.2, 0.25) is 0 Å². The molecule has 0 bridgehead atoms. The molecule has 4 aromatic rings. The van der Waals surface area contributed by atoms with Crippen LogP contribution in [0.5, 0.6) is 0 Å². The van der Waals surface area contributed by atoms with E-state index in [1.807, 2.05) is 6.07 Å². The third kappa shape index (κ3) is 4.09. The first-order valence-electron chi connectivity index (χ1n) is 12.6. The fraction of sp³-hybridized carbons (Fsp3) is 0.200. The van der Waals surface area contributed by atoms with Crippen molar-refractivity contribution >= 4 is 45.0 Å². The van der Waals surface area contributed by atoms with Gasteiger partial charge in [-0.05, 0) is 64.9 Å². The molecule has 1 heterocycles. The van der Waals surface area contributed by atoms with Crippen molar-refractivity contribution in [3.8, 4) is 0 Å². The van der Waals surface area contributed by atoms with Gasteiger partial charge in [-0.3, -0.25) is 9.69 Å². The van der Waals surface area contributed by atoms with Crippen molar-refractivity contribution < 1.29 is 19.8 Å². The molecule has 8 heteroatoms. The van der Waals surface area contributed by atoms with Crippen LogP contribution in [0.25, 0.3) is 27.2 Å². The molecule has 2 unspecified atom stereocenters. The summed E-state index contributed by atoms with van der Waals surface area (Å²) in [4.78, 5) is 23.8. The molecule has 0 saturated carbocycles. The van der Waals surface area contributed by atoms with Gasteiger partial charge in [-0.2, -0.15) is 10.2 Å². The smallest absolute Gasteiger partial charge is 0.411 e. The first-order valence-corrected chi connectivity index (χ1v) is 12.6. The van der Waals surface area contributed by atoms with Gasteiger partial charge < -0.3 is 15.9 Å². The van der Waals surface area contributed by atoms with Crippen molar-refractivity contribution in [3.05, 3.63) is 95.2 Å². The number of carbonyl (C=O) groups is 2. The Hall–Kier alpha value is -4.56. The third-order valence-corrected chi connectivity index (χ3v) is 7.58. The number of rotatable bonds is 5. The second-order valence-corrected chi connectivity index (χ2v) is 9.79. The summed E-state index contributed by atoms with van der Waals surface area (Å²) in [5.41, 5.74) is 12.6. The van der Waals surface area contributed by atoms with Crippen LogP contribution in [-0.2, 0) is 11.2 Å². The largest absolute Gasteiger partial charge is 0.480 e. The zero-order valence-electron chi connectivity index (χ0n) is 20.5. The minimum atomic E-state index is -1.34. The number of nitrogens with two attached hydrogens (primary N) is 1. The van der Waals surface area contributed by atoms with Crippen molar-refractivity contribution in [2.24, 2.45) is 5.73 Å². The monoisotopic (exact) mass is 506 g/mol. The molecular formula is C30H26N4O4. The van der Waals surface area contributed by atoms with Gasteiger partial charge in [0.1, 0.15) is 6.04 Å². The van der Waals surface area contributed by atoms with E-state index in [-0.39, 0.29) is 12.5 Å².